The van der Waals surface area contributed by atoms with Crippen LogP contribution in [-0.4, -0.2) is 37.9 Å². The van der Waals surface area contributed by atoms with Crippen molar-refractivity contribution in [3.63, 3.8) is 0 Å². The topological polar surface area (TPSA) is 61.8 Å². The van der Waals surface area contributed by atoms with Crippen LogP contribution < -0.4 is 0 Å². The van der Waals surface area contributed by atoms with Gasteiger partial charge >= 0.3 is 11.9 Å². The number of allylic oxidation sites excluding steroid dienone is 12. The van der Waals surface area contributed by atoms with Gasteiger partial charge in [-0.1, -0.05) is 190 Å². The summed E-state index contributed by atoms with van der Waals surface area (Å²) < 4.78 is 17.3. The second kappa shape index (κ2) is 46.7. The van der Waals surface area contributed by atoms with Crippen LogP contribution in [0, 0.1) is 0 Å². The fraction of sp³-hybridized carbons (Fsp3) is 0.725. The van der Waals surface area contributed by atoms with E-state index < -0.39 is 6.10 Å². The molecule has 0 aromatic heterocycles. The normalized spacial score (nSPS) is 12.8. The lowest BCUT2D eigenvalue weighted by atomic mass is 10.1. The van der Waals surface area contributed by atoms with Crippen LogP contribution in [-0.2, 0) is 23.8 Å². The molecule has 0 rings (SSSR count). The Balaban J connectivity index is 4.32. The van der Waals surface area contributed by atoms with Crippen molar-refractivity contribution in [2.24, 2.45) is 0 Å². The van der Waals surface area contributed by atoms with Crippen LogP contribution in [0.5, 0.6) is 0 Å². The molecule has 0 saturated heterocycles. The largest absolute Gasteiger partial charge is 0.462 e. The van der Waals surface area contributed by atoms with Crippen molar-refractivity contribution in [2.75, 3.05) is 19.8 Å². The van der Waals surface area contributed by atoms with E-state index in [9.17, 15) is 9.59 Å². The van der Waals surface area contributed by atoms with E-state index >= 15 is 0 Å². The summed E-state index contributed by atoms with van der Waals surface area (Å²) in [6, 6.07) is 0. The lowest BCUT2D eigenvalue weighted by molar-refractivity contribution is -0.163. The van der Waals surface area contributed by atoms with Gasteiger partial charge in [0.25, 0.3) is 0 Å². The second-order valence-corrected chi connectivity index (χ2v) is 15.3. The van der Waals surface area contributed by atoms with E-state index in [1.165, 1.54) is 83.5 Å². The fourth-order valence-corrected chi connectivity index (χ4v) is 6.30. The quantitative estimate of drug-likeness (QED) is 0.0351. The van der Waals surface area contributed by atoms with Gasteiger partial charge < -0.3 is 14.2 Å². The van der Waals surface area contributed by atoms with Gasteiger partial charge in [-0.3, -0.25) is 9.59 Å². The third-order valence-electron chi connectivity index (χ3n) is 9.74. The highest BCUT2D eigenvalue weighted by Gasteiger charge is 2.17. The van der Waals surface area contributed by atoms with Crippen molar-refractivity contribution in [1.82, 2.24) is 0 Å². The molecule has 0 aliphatic carbocycles. The summed E-state index contributed by atoms with van der Waals surface area (Å²) in [6.07, 6.45) is 59.0. The van der Waals surface area contributed by atoms with Crippen molar-refractivity contribution in [3.8, 4) is 0 Å². The highest BCUT2D eigenvalue weighted by molar-refractivity contribution is 5.70. The Bertz CT molecular complexity index is 1020. The summed E-state index contributed by atoms with van der Waals surface area (Å²) in [5, 5.41) is 0. The predicted octanol–water partition coefficient (Wildman–Crippen LogP) is 15.6. The zero-order chi connectivity index (χ0) is 40.7. The van der Waals surface area contributed by atoms with Gasteiger partial charge in [0.2, 0.25) is 0 Å². The maximum absolute atomic E-state index is 12.7. The van der Waals surface area contributed by atoms with Gasteiger partial charge in [0.05, 0.1) is 6.61 Å². The Labute approximate surface area is 347 Å². The maximum atomic E-state index is 12.7. The van der Waals surface area contributed by atoms with Crippen LogP contribution in [0.15, 0.2) is 72.9 Å². The Morgan fingerprint density at radius 2 is 0.804 bits per heavy atom. The molecular weight excluding hydrogens is 693 g/mol. The molecule has 0 bridgehead atoms. The van der Waals surface area contributed by atoms with Gasteiger partial charge in [-0.25, -0.2) is 0 Å². The van der Waals surface area contributed by atoms with Crippen LogP contribution in [0.25, 0.3) is 0 Å². The third kappa shape index (κ3) is 44.1. The van der Waals surface area contributed by atoms with E-state index in [4.69, 9.17) is 14.2 Å². The first kappa shape index (κ1) is 53.3. The number of rotatable bonds is 42. The standard InChI is InChI=1S/C51H88O5/c1-4-7-10-13-16-19-22-24-26-27-30-32-35-38-41-44-50(52)55-48-49(56-51(53)45-42-39-36-33-29-21-18-15-12-9-6-3)47-54-46-43-40-37-34-31-28-25-23-20-17-14-11-8-5-2/h7-8,10-11,16-17,19-20,24-26,28,49H,4-6,9,12-15,18,21-23,27,29-48H2,1-3H3/b10-7-,11-8-,19-16-,20-17-,26-24-,28-25-. The average molecular weight is 781 g/mol. The molecule has 0 spiro atoms. The summed E-state index contributed by atoms with van der Waals surface area (Å²) in [5.74, 6) is -0.430. The molecule has 1 unspecified atom stereocenters. The van der Waals surface area contributed by atoms with Crippen LogP contribution in [0.1, 0.15) is 213 Å². The summed E-state index contributed by atoms with van der Waals surface area (Å²) in [4.78, 5) is 25.3. The molecule has 0 fully saturated rings. The maximum Gasteiger partial charge on any atom is 0.306 e. The average Bonchev–Trinajstić information content (AvgIpc) is 3.20. The number of hydrogen-bond acceptors (Lipinski definition) is 5. The summed E-state index contributed by atoms with van der Waals surface area (Å²) in [5.41, 5.74) is 0. The van der Waals surface area contributed by atoms with Crippen LogP contribution in [0.2, 0.25) is 0 Å². The van der Waals surface area contributed by atoms with Crippen LogP contribution >= 0.6 is 0 Å². The molecule has 0 aromatic carbocycles. The van der Waals surface area contributed by atoms with Gasteiger partial charge in [0.15, 0.2) is 6.10 Å². The van der Waals surface area contributed by atoms with E-state index in [1.54, 1.807) is 0 Å². The number of unbranched alkanes of at least 4 members (excludes halogenated alkanes) is 19. The molecule has 1 atom stereocenters. The van der Waals surface area contributed by atoms with E-state index in [-0.39, 0.29) is 25.2 Å². The lowest BCUT2D eigenvalue weighted by Gasteiger charge is -2.18. The first-order valence-electron chi connectivity index (χ1n) is 23.5. The molecule has 0 amide bonds. The van der Waals surface area contributed by atoms with Crippen molar-refractivity contribution in [1.29, 1.82) is 0 Å². The van der Waals surface area contributed by atoms with E-state index in [0.29, 0.717) is 19.4 Å². The second-order valence-electron chi connectivity index (χ2n) is 15.3. The minimum atomic E-state index is -0.553. The molecule has 0 heterocycles. The number of ether oxygens (including phenoxy) is 3. The minimum absolute atomic E-state index is 0.0662. The molecule has 0 N–H and O–H groups in total. The van der Waals surface area contributed by atoms with E-state index in [2.05, 4.69) is 93.7 Å². The van der Waals surface area contributed by atoms with Crippen molar-refractivity contribution >= 4 is 11.9 Å². The van der Waals surface area contributed by atoms with Crippen LogP contribution in [0.3, 0.4) is 0 Å². The van der Waals surface area contributed by atoms with Crippen molar-refractivity contribution in [3.05, 3.63) is 72.9 Å². The van der Waals surface area contributed by atoms with Gasteiger partial charge in [0, 0.05) is 19.4 Å². The smallest absolute Gasteiger partial charge is 0.306 e. The van der Waals surface area contributed by atoms with Gasteiger partial charge in [-0.15, -0.1) is 0 Å². The van der Waals surface area contributed by atoms with Crippen LogP contribution in [0.4, 0.5) is 0 Å². The molecule has 56 heavy (non-hydrogen) atoms. The molecule has 0 saturated carbocycles. The molecule has 322 valence electrons. The van der Waals surface area contributed by atoms with Crippen molar-refractivity contribution in [2.45, 2.75) is 219 Å². The zero-order valence-corrected chi connectivity index (χ0v) is 36.9. The third-order valence-corrected chi connectivity index (χ3v) is 9.74. The predicted molar refractivity (Wildman–Crippen MR) is 242 cm³/mol. The number of esters is 2. The monoisotopic (exact) mass is 781 g/mol. The summed E-state index contributed by atoms with van der Waals surface area (Å²) in [6.45, 7) is 7.53. The molecule has 5 heteroatoms. The minimum Gasteiger partial charge on any atom is -0.462 e. The van der Waals surface area contributed by atoms with Crippen molar-refractivity contribution < 1.29 is 23.8 Å². The Kier molecular flexibility index (Phi) is 44.5. The first-order chi connectivity index (χ1) is 27.6. The van der Waals surface area contributed by atoms with Gasteiger partial charge in [0.1, 0.15) is 6.61 Å². The Morgan fingerprint density at radius 1 is 0.411 bits per heavy atom. The van der Waals surface area contributed by atoms with E-state index in [1.807, 2.05) is 0 Å². The summed E-state index contributed by atoms with van der Waals surface area (Å²) >= 11 is 0. The number of carbonyl (C=O) groups is 2. The molecular formula is C51H88O5. The molecule has 5 nitrogen and oxygen atoms in total. The molecule has 0 aromatic rings. The lowest BCUT2D eigenvalue weighted by Crippen LogP contribution is -2.30. The molecule has 0 radical (unpaired) electrons. The number of hydrogen-bond donors (Lipinski definition) is 0. The fourth-order valence-electron chi connectivity index (χ4n) is 6.30. The summed E-state index contributed by atoms with van der Waals surface area (Å²) in [7, 11) is 0. The highest BCUT2D eigenvalue weighted by atomic mass is 16.6. The Hall–Kier alpha value is -2.66. The van der Waals surface area contributed by atoms with Gasteiger partial charge in [-0.05, 0) is 83.5 Å². The first-order valence-corrected chi connectivity index (χ1v) is 23.5. The van der Waals surface area contributed by atoms with Gasteiger partial charge in [-0.2, -0.15) is 0 Å². The Morgan fingerprint density at radius 3 is 1.29 bits per heavy atom. The number of carbonyl (C=O) groups excluding carboxylic acids is 2. The molecule has 0 aliphatic heterocycles. The SMILES string of the molecule is CC/C=C\C/C=C\C/C=C\CCCCCCCC(=O)OCC(COCCCCCC/C=C\C/C=C\C/C=C\CC)OC(=O)CCCCCCCCCCCCC. The zero-order valence-electron chi connectivity index (χ0n) is 36.9. The molecule has 0 aliphatic rings. The van der Waals surface area contributed by atoms with E-state index in [0.717, 1.165) is 96.3 Å². The highest BCUT2D eigenvalue weighted by Crippen LogP contribution is 2.14.